The van der Waals surface area contributed by atoms with Gasteiger partial charge in [-0.1, -0.05) is 48.5 Å². The zero-order chi connectivity index (χ0) is 23.8. The van der Waals surface area contributed by atoms with Crippen LogP contribution in [0.3, 0.4) is 0 Å². The molecule has 0 aliphatic carbocycles. The number of carbonyl (C=O) groups excluding carboxylic acids is 3. The number of carbonyl (C=O) groups is 3. The summed E-state index contributed by atoms with van der Waals surface area (Å²) in [5.74, 6) is -6.64. The lowest BCUT2D eigenvalue weighted by Crippen LogP contribution is -2.49. The fourth-order valence-corrected chi connectivity index (χ4v) is 3.00. The maximum atomic E-state index is 13.7. The van der Waals surface area contributed by atoms with Crippen molar-refractivity contribution < 1.29 is 27.6 Å². The van der Waals surface area contributed by atoms with Crippen molar-refractivity contribution in [2.45, 2.75) is 12.5 Å². The van der Waals surface area contributed by atoms with E-state index in [4.69, 9.17) is 0 Å². The Morgan fingerprint density at radius 1 is 0.788 bits per heavy atom. The van der Waals surface area contributed by atoms with Gasteiger partial charge in [0.1, 0.15) is 6.04 Å². The number of rotatable bonds is 8. The lowest BCUT2D eigenvalue weighted by Gasteiger charge is -2.19. The Bertz CT molecular complexity index is 1140. The predicted octanol–water partition coefficient (Wildman–Crippen LogP) is 3.20. The molecule has 0 spiro atoms. The smallest absolute Gasteiger partial charge is 0.251 e. The molecule has 6 nitrogen and oxygen atoms in total. The molecule has 0 radical (unpaired) electrons. The quantitative estimate of drug-likeness (QED) is 0.456. The van der Waals surface area contributed by atoms with Crippen molar-refractivity contribution in [3.63, 3.8) is 0 Å². The Labute approximate surface area is 187 Å². The molecule has 0 bridgehead atoms. The first kappa shape index (κ1) is 23.5. The third-order valence-electron chi connectivity index (χ3n) is 4.67. The van der Waals surface area contributed by atoms with E-state index in [9.17, 15) is 27.6 Å². The monoisotopic (exact) mass is 455 g/mol. The number of hydrogen-bond donors (Lipinski definition) is 3. The highest BCUT2D eigenvalue weighted by Crippen LogP contribution is 2.19. The van der Waals surface area contributed by atoms with Crippen LogP contribution in [0, 0.1) is 17.5 Å². The molecule has 0 aliphatic heterocycles. The van der Waals surface area contributed by atoms with Crippen molar-refractivity contribution in [3.05, 3.63) is 101 Å². The molecule has 0 heterocycles. The molecule has 1 atom stereocenters. The number of nitrogens with one attached hydrogen (secondary N) is 3. The van der Waals surface area contributed by atoms with Gasteiger partial charge in [-0.25, -0.2) is 13.2 Å². The van der Waals surface area contributed by atoms with Crippen LogP contribution in [0.25, 0.3) is 0 Å². The molecule has 3 N–H and O–H groups in total. The number of halogens is 3. The molecular weight excluding hydrogens is 435 g/mol. The van der Waals surface area contributed by atoms with E-state index >= 15 is 0 Å². The Morgan fingerprint density at radius 2 is 1.42 bits per heavy atom. The van der Waals surface area contributed by atoms with Crippen LogP contribution < -0.4 is 16.0 Å². The van der Waals surface area contributed by atoms with E-state index in [0.29, 0.717) is 11.6 Å². The Kier molecular flexibility index (Phi) is 7.80. The molecule has 3 aromatic rings. The zero-order valence-electron chi connectivity index (χ0n) is 17.3. The molecule has 0 aliphatic rings. The number of anilines is 1. The van der Waals surface area contributed by atoms with Gasteiger partial charge in [-0.3, -0.25) is 14.4 Å². The van der Waals surface area contributed by atoms with Gasteiger partial charge in [-0.2, -0.15) is 0 Å². The van der Waals surface area contributed by atoms with E-state index in [0.717, 1.165) is 11.6 Å². The largest absolute Gasteiger partial charge is 0.345 e. The normalized spacial score (nSPS) is 11.4. The lowest BCUT2D eigenvalue weighted by atomic mass is 10.0. The van der Waals surface area contributed by atoms with Crippen LogP contribution in [0.15, 0.2) is 72.8 Å². The summed E-state index contributed by atoms with van der Waals surface area (Å²) < 4.78 is 40.1. The topological polar surface area (TPSA) is 87.3 Å². The number of benzene rings is 3. The van der Waals surface area contributed by atoms with E-state index < -0.39 is 53.4 Å². The summed E-state index contributed by atoms with van der Waals surface area (Å²) >= 11 is 0. The second-order valence-corrected chi connectivity index (χ2v) is 7.07. The summed E-state index contributed by atoms with van der Waals surface area (Å²) in [4.78, 5) is 37.4. The molecule has 1 unspecified atom stereocenters. The molecule has 0 aromatic heterocycles. The van der Waals surface area contributed by atoms with Gasteiger partial charge in [-0.05, 0) is 29.8 Å². The summed E-state index contributed by atoms with van der Waals surface area (Å²) in [6.45, 7) is -0.580. The molecule has 33 heavy (non-hydrogen) atoms. The van der Waals surface area contributed by atoms with Crippen molar-refractivity contribution in [2.75, 3.05) is 11.9 Å². The minimum Gasteiger partial charge on any atom is -0.345 e. The molecule has 3 rings (SSSR count). The second-order valence-electron chi connectivity index (χ2n) is 7.07. The van der Waals surface area contributed by atoms with Crippen molar-refractivity contribution in [1.29, 1.82) is 0 Å². The SMILES string of the molecule is O=C(CNC(=O)C(Cc1ccccc1)NC(=O)c1ccccc1)Nc1ccc(F)c(F)c1F. The maximum Gasteiger partial charge on any atom is 0.251 e. The van der Waals surface area contributed by atoms with E-state index in [1.165, 1.54) is 0 Å². The van der Waals surface area contributed by atoms with Gasteiger partial charge in [0.15, 0.2) is 17.5 Å². The van der Waals surface area contributed by atoms with Gasteiger partial charge in [0.2, 0.25) is 11.8 Å². The molecular formula is C24H20F3N3O3. The average molecular weight is 455 g/mol. The summed E-state index contributed by atoms with van der Waals surface area (Å²) in [7, 11) is 0. The van der Waals surface area contributed by atoms with E-state index in [1.807, 2.05) is 6.07 Å². The predicted molar refractivity (Wildman–Crippen MR) is 116 cm³/mol. The summed E-state index contributed by atoms with van der Waals surface area (Å²) in [6.07, 6.45) is 0.157. The minimum atomic E-state index is -1.72. The van der Waals surface area contributed by atoms with Crippen LogP contribution in [-0.2, 0) is 16.0 Å². The molecule has 0 saturated carbocycles. The maximum absolute atomic E-state index is 13.7. The summed E-state index contributed by atoms with van der Waals surface area (Å²) in [5.41, 5.74) is 0.570. The Morgan fingerprint density at radius 3 is 2.09 bits per heavy atom. The average Bonchev–Trinajstić information content (AvgIpc) is 2.83. The molecule has 0 saturated heterocycles. The first-order valence-corrected chi connectivity index (χ1v) is 9.96. The first-order chi connectivity index (χ1) is 15.8. The molecule has 170 valence electrons. The van der Waals surface area contributed by atoms with Crippen LogP contribution in [0.2, 0.25) is 0 Å². The van der Waals surface area contributed by atoms with Gasteiger partial charge < -0.3 is 16.0 Å². The van der Waals surface area contributed by atoms with E-state index in [2.05, 4.69) is 16.0 Å². The van der Waals surface area contributed by atoms with Crippen molar-refractivity contribution in [1.82, 2.24) is 10.6 Å². The second kappa shape index (κ2) is 10.9. The molecule has 3 aromatic carbocycles. The lowest BCUT2D eigenvalue weighted by molar-refractivity contribution is -0.125. The fraction of sp³-hybridized carbons (Fsp3) is 0.125. The van der Waals surface area contributed by atoms with Crippen LogP contribution in [0.5, 0.6) is 0 Å². The standard InChI is InChI=1S/C24H20F3N3O3/c25-17-11-12-18(22(27)21(17)26)29-20(31)14-28-24(33)19(13-15-7-3-1-4-8-15)30-23(32)16-9-5-2-6-10-16/h1-12,19H,13-14H2,(H,28,33)(H,29,31)(H,30,32). The summed E-state index contributed by atoms with van der Waals surface area (Å²) in [6, 6.07) is 17.8. The van der Waals surface area contributed by atoms with E-state index in [-0.39, 0.29) is 6.42 Å². The van der Waals surface area contributed by atoms with Gasteiger partial charge >= 0.3 is 0 Å². The van der Waals surface area contributed by atoms with Crippen LogP contribution in [0.1, 0.15) is 15.9 Å². The van der Waals surface area contributed by atoms with Crippen LogP contribution >= 0.6 is 0 Å². The van der Waals surface area contributed by atoms with Gasteiger partial charge in [0.25, 0.3) is 5.91 Å². The van der Waals surface area contributed by atoms with Crippen molar-refractivity contribution >= 4 is 23.4 Å². The van der Waals surface area contributed by atoms with Gasteiger partial charge in [0.05, 0.1) is 12.2 Å². The van der Waals surface area contributed by atoms with Crippen LogP contribution in [0.4, 0.5) is 18.9 Å². The van der Waals surface area contributed by atoms with Crippen LogP contribution in [-0.4, -0.2) is 30.3 Å². The molecule has 3 amide bonds. The summed E-state index contributed by atoms with van der Waals surface area (Å²) in [5, 5.41) is 7.08. The van der Waals surface area contributed by atoms with E-state index in [1.54, 1.807) is 54.6 Å². The highest BCUT2D eigenvalue weighted by molar-refractivity contribution is 5.99. The zero-order valence-corrected chi connectivity index (χ0v) is 17.3. The van der Waals surface area contributed by atoms with Gasteiger partial charge in [0, 0.05) is 12.0 Å². The number of hydrogen-bond acceptors (Lipinski definition) is 3. The van der Waals surface area contributed by atoms with Crippen molar-refractivity contribution in [3.8, 4) is 0 Å². The molecule has 0 fully saturated rings. The Balaban J connectivity index is 1.65. The third kappa shape index (κ3) is 6.42. The van der Waals surface area contributed by atoms with Gasteiger partial charge in [-0.15, -0.1) is 0 Å². The third-order valence-corrected chi connectivity index (χ3v) is 4.67. The minimum absolute atomic E-state index is 0.157. The Hall–Kier alpha value is -4.14. The number of amides is 3. The highest BCUT2D eigenvalue weighted by Gasteiger charge is 2.23. The van der Waals surface area contributed by atoms with Crippen molar-refractivity contribution in [2.24, 2.45) is 0 Å². The fourth-order valence-electron chi connectivity index (χ4n) is 3.00. The molecule has 9 heteroatoms. The highest BCUT2D eigenvalue weighted by atomic mass is 19.2. The first-order valence-electron chi connectivity index (χ1n) is 9.96.